The molecule has 7 heteroatoms. The highest BCUT2D eigenvalue weighted by Crippen LogP contribution is 2.16. The van der Waals surface area contributed by atoms with Crippen molar-refractivity contribution in [3.05, 3.63) is 11.1 Å². The second kappa shape index (κ2) is 7.56. The van der Waals surface area contributed by atoms with Crippen LogP contribution in [0.1, 0.15) is 23.3 Å². The zero-order valence-corrected chi connectivity index (χ0v) is 12.6. The van der Waals surface area contributed by atoms with Gasteiger partial charge in [0.2, 0.25) is 0 Å². The molecule has 6 nitrogen and oxygen atoms in total. The van der Waals surface area contributed by atoms with Gasteiger partial charge >= 0.3 is 0 Å². The van der Waals surface area contributed by atoms with Crippen LogP contribution in [-0.2, 0) is 4.74 Å². The largest absolute Gasteiger partial charge is 0.383 e. The molecule has 20 heavy (non-hydrogen) atoms. The van der Waals surface area contributed by atoms with Gasteiger partial charge < -0.3 is 20.7 Å². The Morgan fingerprint density at radius 1 is 1.70 bits per heavy atom. The van der Waals surface area contributed by atoms with Gasteiger partial charge in [-0.05, 0) is 25.3 Å². The topological polar surface area (TPSA) is 80.5 Å². The number of nitrogens with two attached hydrogens (primary N) is 1. The van der Waals surface area contributed by atoms with E-state index in [1.807, 2.05) is 0 Å². The maximum Gasteiger partial charge on any atom is 0.270 e. The lowest BCUT2D eigenvalue weighted by Gasteiger charge is -2.32. The van der Waals surface area contributed by atoms with Crippen LogP contribution >= 0.6 is 11.3 Å². The number of carbonyl (C=O) groups excluding carboxylic acids is 1. The Balaban J connectivity index is 1.74. The predicted molar refractivity (Wildman–Crippen MR) is 79.9 cm³/mol. The van der Waals surface area contributed by atoms with Gasteiger partial charge in [-0.15, -0.1) is 11.3 Å². The third-order valence-corrected chi connectivity index (χ3v) is 4.19. The lowest BCUT2D eigenvalue weighted by Crippen LogP contribution is -2.42. The number of piperidine rings is 1. The number of carbonyl (C=O) groups is 1. The fraction of sp³-hybridized carbons (Fsp3) is 0.692. The van der Waals surface area contributed by atoms with E-state index in [1.165, 1.54) is 17.8 Å². The average molecular weight is 298 g/mol. The average Bonchev–Trinajstić information content (AvgIpc) is 2.90. The quantitative estimate of drug-likeness (QED) is 0.812. The van der Waals surface area contributed by atoms with Crippen LogP contribution < -0.4 is 11.1 Å². The Morgan fingerprint density at radius 2 is 2.55 bits per heavy atom. The molecule has 0 unspecified atom stereocenters. The zero-order chi connectivity index (χ0) is 14.4. The number of anilines is 1. The van der Waals surface area contributed by atoms with Crippen LogP contribution in [0.25, 0.3) is 0 Å². The fourth-order valence-corrected chi connectivity index (χ4v) is 3.00. The van der Waals surface area contributed by atoms with E-state index in [0.29, 0.717) is 23.3 Å². The SMILES string of the molecule is COCCN1CCC[C@H](CNC(=O)c2csc(N)n2)C1. The highest BCUT2D eigenvalue weighted by atomic mass is 32.1. The molecule has 0 spiro atoms. The van der Waals surface area contributed by atoms with E-state index in [0.717, 1.165) is 32.7 Å². The Kier molecular flexibility index (Phi) is 5.75. The van der Waals surface area contributed by atoms with Gasteiger partial charge in [-0.25, -0.2) is 4.98 Å². The second-order valence-corrected chi connectivity index (χ2v) is 5.97. The molecular weight excluding hydrogens is 276 g/mol. The second-order valence-electron chi connectivity index (χ2n) is 5.08. The summed E-state index contributed by atoms with van der Waals surface area (Å²) in [4.78, 5) is 18.3. The normalized spacial score (nSPS) is 19.9. The third-order valence-electron chi connectivity index (χ3n) is 3.52. The molecule has 1 aliphatic rings. The van der Waals surface area contributed by atoms with Gasteiger partial charge in [0.15, 0.2) is 5.13 Å². The lowest BCUT2D eigenvalue weighted by molar-refractivity contribution is 0.0909. The molecule has 1 aliphatic heterocycles. The van der Waals surface area contributed by atoms with Crippen molar-refractivity contribution in [2.45, 2.75) is 12.8 Å². The summed E-state index contributed by atoms with van der Waals surface area (Å²) in [5.74, 6) is 0.368. The number of thiazole rings is 1. The summed E-state index contributed by atoms with van der Waals surface area (Å²) in [6, 6.07) is 0. The molecule has 0 aliphatic carbocycles. The van der Waals surface area contributed by atoms with Gasteiger partial charge in [0.1, 0.15) is 5.69 Å². The Morgan fingerprint density at radius 3 is 3.25 bits per heavy atom. The molecule has 0 aromatic carbocycles. The number of aromatic nitrogens is 1. The van der Waals surface area contributed by atoms with E-state index in [9.17, 15) is 4.79 Å². The van der Waals surface area contributed by atoms with Crippen LogP contribution in [0.15, 0.2) is 5.38 Å². The van der Waals surface area contributed by atoms with Gasteiger partial charge in [-0.2, -0.15) is 0 Å². The standard InChI is InChI=1S/C13H22N4O2S/c1-19-6-5-17-4-2-3-10(8-17)7-15-12(18)11-9-20-13(14)16-11/h9-10H,2-8H2,1H3,(H2,14,16)(H,15,18)/t10-/m1/s1. The van der Waals surface area contributed by atoms with E-state index in [1.54, 1.807) is 12.5 Å². The summed E-state index contributed by atoms with van der Waals surface area (Å²) < 4.78 is 5.11. The van der Waals surface area contributed by atoms with Crippen LogP contribution in [0.2, 0.25) is 0 Å². The molecule has 1 amide bonds. The highest BCUT2D eigenvalue weighted by molar-refractivity contribution is 7.13. The first kappa shape index (κ1) is 15.2. The molecule has 0 bridgehead atoms. The maximum atomic E-state index is 11.9. The van der Waals surface area contributed by atoms with Crippen molar-refractivity contribution in [3.8, 4) is 0 Å². The van der Waals surface area contributed by atoms with Crippen molar-refractivity contribution in [1.29, 1.82) is 0 Å². The third kappa shape index (κ3) is 4.43. The van der Waals surface area contributed by atoms with E-state index < -0.39 is 0 Å². The van der Waals surface area contributed by atoms with Gasteiger partial charge in [-0.3, -0.25) is 4.79 Å². The van der Waals surface area contributed by atoms with Crippen LogP contribution in [-0.4, -0.2) is 55.7 Å². The van der Waals surface area contributed by atoms with Crippen molar-refractivity contribution in [1.82, 2.24) is 15.2 Å². The summed E-state index contributed by atoms with van der Waals surface area (Å²) in [6.07, 6.45) is 2.33. The highest BCUT2D eigenvalue weighted by Gasteiger charge is 2.20. The van der Waals surface area contributed by atoms with E-state index in [2.05, 4.69) is 15.2 Å². The van der Waals surface area contributed by atoms with Gasteiger partial charge in [0, 0.05) is 32.1 Å². The lowest BCUT2D eigenvalue weighted by atomic mass is 9.98. The first-order valence-corrected chi connectivity index (χ1v) is 7.77. The summed E-state index contributed by atoms with van der Waals surface area (Å²) in [7, 11) is 1.72. The smallest absolute Gasteiger partial charge is 0.270 e. The fourth-order valence-electron chi connectivity index (χ4n) is 2.46. The summed E-state index contributed by atoms with van der Waals surface area (Å²) in [5.41, 5.74) is 5.95. The number of hydrogen-bond acceptors (Lipinski definition) is 6. The molecule has 2 heterocycles. The molecule has 1 saturated heterocycles. The number of likely N-dealkylation sites (tertiary alicyclic amines) is 1. The Hall–Kier alpha value is -1.18. The first-order chi connectivity index (χ1) is 9.69. The monoisotopic (exact) mass is 298 g/mol. The minimum absolute atomic E-state index is 0.132. The Bertz CT molecular complexity index is 438. The number of hydrogen-bond donors (Lipinski definition) is 2. The minimum Gasteiger partial charge on any atom is -0.383 e. The predicted octanol–water partition coefficient (Wildman–Crippen LogP) is 0.814. The summed E-state index contributed by atoms with van der Waals surface area (Å²) in [6.45, 7) is 4.56. The van der Waals surface area contributed by atoms with Crippen molar-refractivity contribution in [3.63, 3.8) is 0 Å². The molecule has 2 rings (SSSR count). The van der Waals surface area contributed by atoms with Crippen LogP contribution in [0.3, 0.4) is 0 Å². The maximum absolute atomic E-state index is 11.9. The van der Waals surface area contributed by atoms with Crippen LogP contribution in [0, 0.1) is 5.92 Å². The number of nitrogens with one attached hydrogen (secondary N) is 1. The first-order valence-electron chi connectivity index (χ1n) is 6.89. The molecule has 0 radical (unpaired) electrons. The molecular formula is C13H22N4O2S. The molecule has 1 aromatic rings. The number of amides is 1. The van der Waals surface area contributed by atoms with Crippen LogP contribution in [0.4, 0.5) is 5.13 Å². The number of nitrogens with zero attached hydrogens (tertiary/aromatic N) is 2. The molecule has 1 fully saturated rings. The van der Waals surface area contributed by atoms with Crippen molar-refractivity contribution >= 4 is 22.4 Å². The molecule has 1 aromatic heterocycles. The number of ether oxygens (including phenoxy) is 1. The van der Waals surface area contributed by atoms with Gasteiger partial charge in [-0.1, -0.05) is 0 Å². The molecule has 3 N–H and O–H groups in total. The summed E-state index contributed by atoms with van der Waals surface area (Å²) in [5, 5.41) is 5.07. The van der Waals surface area contributed by atoms with Crippen molar-refractivity contribution in [2.24, 2.45) is 5.92 Å². The van der Waals surface area contributed by atoms with Crippen LogP contribution in [0.5, 0.6) is 0 Å². The van der Waals surface area contributed by atoms with Gasteiger partial charge in [0.05, 0.1) is 6.61 Å². The minimum atomic E-state index is -0.132. The zero-order valence-electron chi connectivity index (χ0n) is 11.8. The van der Waals surface area contributed by atoms with E-state index in [4.69, 9.17) is 10.5 Å². The summed E-state index contributed by atoms with van der Waals surface area (Å²) >= 11 is 1.29. The number of nitrogen functional groups attached to an aromatic ring is 1. The van der Waals surface area contributed by atoms with Crippen molar-refractivity contribution < 1.29 is 9.53 Å². The van der Waals surface area contributed by atoms with Gasteiger partial charge in [0.25, 0.3) is 5.91 Å². The van der Waals surface area contributed by atoms with E-state index >= 15 is 0 Å². The van der Waals surface area contributed by atoms with E-state index in [-0.39, 0.29) is 5.91 Å². The molecule has 112 valence electrons. The number of methoxy groups -OCH3 is 1. The number of rotatable bonds is 6. The van der Waals surface area contributed by atoms with Crippen molar-refractivity contribution in [2.75, 3.05) is 45.6 Å². The molecule has 1 atom stereocenters. The molecule has 0 saturated carbocycles. The Labute approximate surface area is 123 Å².